The summed E-state index contributed by atoms with van der Waals surface area (Å²) in [6, 6.07) is 4.56. The highest BCUT2D eigenvalue weighted by molar-refractivity contribution is 5.84. The molecule has 0 amide bonds. The van der Waals surface area contributed by atoms with Gasteiger partial charge in [-0.2, -0.15) is 28.5 Å². The van der Waals surface area contributed by atoms with Crippen molar-refractivity contribution < 1.29 is 27.9 Å². The molecule has 1 aromatic carbocycles. The van der Waals surface area contributed by atoms with Crippen molar-refractivity contribution in [2.45, 2.75) is 6.18 Å². The van der Waals surface area contributed by atoms with E-state index in [0.29, 0.717) is 0 Å². The van der Waals surface area contributed by atoms with Gasteiger partial charge in [-0.1, -0.05) is 12.1 Å². The number of carboxylic acids is 1. The second-order valence-corrected chi connectivity index (χ2v) is 3.38. The number of aromatic carboxylic acids is 1. The number of carbonyl (C=O) groups is 1. The largest absolute Gasteiger partial charge is 0.476 e. The number of para-hydroxylation sites is 1. The van der Waals surface area contributed by atoms with Gasteiger partial charge in [-0.25, -0.2) is 9.59 Å². The predicted molar refractivity (Wildman–Crippen MR) is 62.6 cm³/mol. The topological polar surface area (TPSA) is 108 Å². The summed E-state index contributed by atoms with van der Waals surface area (Å²) in [6.45, 7) is 0. The molecule has 0 aliphatic rings. The first kappa shape index (κ1) is 16.1. The van der Waals surface area contributed by atoms with Crippen molar-refractivity contribution in [3.8, 4) is 0 Å². The summed E-state index contributed by atoms with van der Waals surface area (Å²) in [5, 5.41) is 16.9. The smallest absolute Gasteiger partial charge is 0.418 e. The minimum absolute atomic E-state index is 0.0648. The van der Waals surface area contributed by atoms with E-state index in [4.69, 9.17) is 5.11 Å². The summed E-state index contributed by atoms with van der Waals surface area (Å²) in [5.74, 6) is -1.07. The molecule has 0 spiro atoms. The molecule has 0 bridgehead atoms. The SMILES string of the molecule is O=C(O)c1cn[nH]n1.O=C=Nc1ccccc1C(F)(F)F. The zero-order valence-electron chi connectivity index (χ0n) is 10.1. The predicted octanol–water partition coefficient (Wildman–Crippen LogP) is 2.18. The molecule has 21 heavy (non-hydrogen) atoms. The molecule has 0 atom stereocenters. The number of carboxylic acid groups (broad SMARTS) is 1. The molecule has 2 aromatic rings. The van der Waals surface area contributed by atoms with E-state index < -0.39 is 23.4 Å². The molecule has 1 aromatic heterocycles. The molecule has 0 aliphatic heterocycles. The number of alkyl halides is 3. The number of rotatable bonds is 2. The Bertz CT molecular complexity index is 649. The van der Waals surface area contributed by atoms with Gasteiger partial charge in [0.25, 0.3) is 0 Å². The van der Waals surface area contributed by atoms with Gasteiger partial charge in [-0.15, -0.1) is 5.10 Å². The van der Waals surface area contributed by atoms with Crippen LogP contribution in [-0.2, 0) is 11.0 Å². The molecular weight excluding hydrogens is 293 g/mol. The van der Waals surface area contributed by atoms with Crippen LogP contribution in [0.25, 0.3) is 0 Å². The Kier molecular flexibility index (Phi) is 5.32. The third kappa shape index (κ3) is 4.88. The van der Waals surface area contributed by atoms with Gasteiger partial charge < -0.3 is 5.11 Å². The van der Waals surface area contributed by atoms with Crippen LogP contribution in [0.4, 0.5) is 18.9 Å². The van der Waals surface area contributed by atoms with Crippen LogP contribution in [-0.4, -0.2) is 32.6 Å². The van der Waals surface area contributed by atoms with Crippen LogP contribution < -0.4 is 0 Å². The van der Waals surface area contributed by atoms with E-state index in [1.807, 2.05) is 0 Å². The van der Waals surface area contributed by atoms with Crippen LogP contribution in [0.2, 0.25) is 0 Å². The van der Waals surface area contributed by atoms with Crippen LogP contribution in [0.5, 0.6) is 0 Å². The van der Waals surface area contributed by atoms with E-state index in [9.17, 15) is 22.8 Å². The number of aliphatic imine (C=N–C) groups is 1. The lowest BCUT2D eigenvalue weighted by atomic mass is 10.2. The van der Waals surface area contributed by atoms with E-state index in [1.54, 1.807) is 0 Å². The Morgan fingerprint density at radius 1 is 1.33 bits per heavy atom. The van der Waals surface area contributed by atoms with Crippen molar-refractivity contribution in [2.75, 3.05) is 0 Å². The second kappa shape index (κ2) is 6.96. The molecule has 10 heteroatoms. The van der Waals surface area contributed by atoms with Crippen molar-refractivity contribution >= 4 is 17.7 Å². The zero-order chi connectivity index (χ0) is 15.9. The minimum atomic E-state index is -4.49. The van der Waals surface area contributed by atoms with Gasteiger partial charge in [-0.3, -0.25) is 0 Å². The number of isocyanates is 1. The highest BCUT2D eigenvalue weighted by Crippen LogP contribution is 2.35. The first-order valence-corrected chi connectivity index (χ1v) is 5.19. The number of hydrogen-bond acceptors (Lipinski definition) is 5. The Morgan fingerprint density at radius 2 is 2.00 bits per heavy atom. The van der Waals surface area contributed by atoms with E-state index >= 15 is 0 Å². The van der Waals surface area contributed by atoms with Gasteiger partial charge >= 0.3 is 12.1 Å². The Morgan fingerprint density at radius 3 is 2.43 bits per heavy atom. The molecule has 7 nitrogen and oxygen atoms in total. The van der Waals surface area contributed by atoms with Crippen molar-refractivity contribution in [2.24, 2.45) is 4.99 Å². The normalized spacial score (nSPS) is 10.0. The third-order valence-electron chi connectivity index (χ3n) is 2.01. The lowest BCUT2D eigenvalue weighted by molar-refractivity contribution is -0.137. The number of aromatic amines is 1. The Balaban J connectivity index is 0.000000235. The molecule has 0 aliphatic carbocycles. The lowest BCUT2D eigenvalue weighted by Crippen LogP contribution is -2.04. The Labute approximate surface area is 115 Å². The van der Waals surface area contributed by atoms with Crippen molar-refractivity contribution in [1.82, 2.24) is 15.4 Å². The van der Waals surface area contributed by atoms with Gasteiger partial charge in [0.05, 0.1) is 17.4 Å². The van der Waals surface area contributed by atoms with Gasteiger partial charge in [0.2, 0.25) is 6.08 Å². The number of nitrogens with one attached hydrogen (secondary N) is 1. The van der Waals surface area contributed by atoms with Crippen LogP contribution in [0.3, 0.4) is 0 Å². The fourth-order valence-electron chi connectivity index (χ4n) is 1.16. The van der Waals surface area contributed by atoms with Crippen LogP contribution in [0.1, 0.15) is 16.1 Å². The molecule has 0 saturated heterocycles. The lowest BCUT2D eigenvalue weighted by Gasteiger charge is -2.07. The average Bonchev–Trinajstić information content (AvgIpc) is 2.93. The number of hydrogen-bond donors (Lipinski definition) is 2. The first-order chi connectivity index (χ1) is 9.86. The fraction of sp³-hybridized carbons (Fsp3) is 0.0909. The van der Waals surface area contributed by atoms with Gasteiger partial charge in [0, 0.05) is 0 Å². The van der Waals surface area contributed by atoms with Gasteiger partial charge in [-0.05, 0) is 12.1 Å². The highest BCUT2D eigenvalue weighted by atomic mass is 19.4. The van der Waals surface area contributed by atoms with E-state index in [1.165, 1.54) is 12.1 Å². The summed E-state index contributed by atoms with van der Waals surface area (Å²) >= 11 is 0. The molecule has 2 N–H and O–H groups in total. The maximum Gasteiger partial charge on any atom is 0.418 e. The van der Waals surface area contributed by atoms with Gasteiger partial charge in [0.15, 0.2) is 5.69 Å². The summed E-state index contributed by atoms with van der Waals surface area (Å²) in [4.78, 5) is 22.7. The molecule has 2 rings (SSSR count). The van der Waals surface area contributed by atoms with E-state index in [0.717, 1.165) is 24.4 Å². The maximum absolute atomic E-state index is 12.2. The number of nitrogens with zero attached hydrogens (tertiary/aromatic N) is 3. The fourth-order valence-corrected chi connectivity index (χ4v) is 1.16. The summed E-state index contributed by atoms with van der Waals surface area (Å²) in [7, 11) is 0. The van der Waals surface area contributed by atoms with Crippen LogP contribution in [0, 0.1) is 0 Å². The number of carbonyl (C=O) groups excluding carboxylic acids is 1. The van der Waals surface area contributed by atoms with Gasteiger partial charge in [0.1, 0.15) is 0 Å². The summed E-state index contributed by atoms with van der Waals surface area (Å²) in [6.07, 6.45) is -2.28. The number of benzene rings is 1. The van der Waals surface area contributed by atoms with Crippen LogP contribution in [0.15, 0.2) is 35.5 Å². The molecule has 0 unspecified atom stereocenters. The highest BCUT2D eigenvalue weighted by Gasteiger charge is 2.33. The third-order valence-corrected chi connectivity index (χ3v) is 2.01. The van der Waals surface area contributed by atoms with E-state index in [2.05, 4.69) is 20.4 Å². The average molecular weight is 300 g/mol. The summed E-state index contributed by atoms with van der Waals surface area (Å²) in [5.41, 5.74) is -1.41. The van der Waals surface area contributed by atoms with Crippen molar-refractivity contribution in [1.29, 1.82) is 0 Å². The first-order valence-electron chi connectivity index (χ1n) is 5.19. The molecule has 0 saturated carbocycles. The monoisotopic (exact) mass is 300 g/mol. The Hall–Kier alpha value is -3.00. The minimum Gasteiger partial charge on any atom is -0.476 e. The molecular formula is C11H7F3N4O3. The number of H-pyrrole nitrogens is 1. The number of aromatic nitrogens is 3. The second-order valence-electron chi connectivity index (χ2n) is 3.38. The standard InChI is InChI=1S/C8H4F3NO.C3H3N3O2/c9-8(10,11)6-3-1-2-4-7(6)12-5-13;7-3(8)2-1-4-6-5-2/h1-4H;1H,(H,7,8)(H,4,5,6). The van der Waals surface area contributed by atoms with Crippen LogP contribution >= 0.6 is 0 Å². The van der Waals surface area contributed by atoms with Crippen molar-refractivity contribution in [3.05, 3.63) is 41.7 Å². The number of halogens is 3. The molecule has 0 fully saturated rings. The zero-order valence-corrected chi connectivity index (χ0v) is 10.1. The maximum atomic E-state index is 12.2. The summed E-state index contributed by atoms with van der Waals surface area (Å²) < 4.78 is 36.5. The van der Waals surface area contributed by atoms with Crippen molar-refractivity contribution in [3.63, 3.8) is 0 Å². The quantitative estimate of drug-likeness (QED) is 0.652. The molecule has 110 valence electrons. The van der Waals surface area contributed by atoms with E-state index in [-0.39, 0.29) is 5.69 Å². The molecule has 1 heterocycles. The molecule has 0 radical (unpaired) electrons.